The fraction of sp³-hybridized carbons (Fsp3) is 0.632. The first kappa shape index (κ1) is 21.1. The fourth-order valence-corrected chi connectivity index (χ4v) is 2.53. The number of hydrogen-bond donors (Lipinski definition) is 2. The molecule has 0 heterocycles. The Hall–Kier alpha value is -1.95. The lowest BCUT2D eigenvalue weighted by Crippen LogP contribution is -2.38. The van der Waals surface area contributed by atoms with Gasteiger partial charge in [0.2, 0.25) is 0 Å². The SMILES string of the molecule is CCCCNC(=NCC(c1ccc(OC)c(OC)c1)N(C)C)NCC. The monoisotopic (exact) mass is 350 g/mol. The maximum atomic E-state index is 5.43. The van der Waals surface area contributed by atoms with E-state index in [1.165, 1.54) is 6.42 Å². The molecule has 0 aliphatic heterocycles. The number of guanidine groups is 1. The average Bonchev–Trinajstić information content (AvgIpc) is 2.61. The number of aliphatic imine (C=N–C) groups is 1. The van der Waals surface area contributed by atoms with E-state index < -0.39 is 0 Å². The van der Waals surface area contributed by atoms with Crippen LogP contribution in [0.25, 0.3) is 0 Å². The van der Waals surface area contributed by atoms with E-state index in [9.17, 15) is 0 Å². The van der Waals surface area contributed by atoms with E-state index in [-0.39, 0.29) is 6.04 Å². The Labute approximate surface area is 152 Å². The van der Waals surface area contributed by atoms with Crippen LogP contribution in [0.4, 0.5) is 0 Å². The van der Waals surface area contributed by atoms with Crippen LogP contribution >= 0.6 is 0 Å². The average molecular weight is 351 g/mol. The highest BCUT2D eigenvalue weighted by Crippen LogP contribution is 2.31. The molecule has 25 heavy (non-hydrogen) atoms. The summed E-state index contributed by atoms with van der Waals surface area (Å²) in [6.45, 7) is 6.70. The van der Waals surface area contributed by atoms with E-state index >= 15 is 0 Å². The summed E-state index contributed by atoms with van der Waals surface area (Å²) in [4.78, 5) is 6.93. The van der Waals surface area contributed by atoms with Gasteiger partial charge in [-0.05, 0) is 45.1 Å². The van der Waals surface area contributed by atoms with Gasteiger partial charge in [-0.2, -0.15) is 0 Å². The molecule has 0 radical (unpaired) electrons. The highest BCUT2D eigenvalue weighted by molar-refractivity contribution is 5.79. The first-order valence-corrected chi connectivity index (χ1v) is 8.97. The molecule has 6 heteroatoms. The van der Waals surface area contributed by atoms with Crippen LogP contribution in [-0.2, 0) is 0 Å². The standard InChI is InChI=1S/C19H34N4O2/c1-7-9-12-21-19(20-8-2)22-14-16(23(3)4)15-10-11-17(24-5)18(13-15)25-6/h10-11,13,16H,7-9,12,14H2,1-6H3,(H2,20,21,22). The van der Waals surface area contributed by atoms with Crippen molar-refractivity contribution in [3.05, 3.63) is 23.8 Å². The second-order valence-electron chi connectivity index (χ2n) is 6.09. The van der Waals surface area contributed by atoms with Gasteiger partial charge in [-0.15, -0.1) is 0 Å². The van der Waals surface area contributed by atoms with E-state index in [1.54, 1.807) is 14.2 Å². The van der Waals surface area contributed by atoms with Gasteiger partial charge in [0.15, 0.2) is 17.5 Å². The van der Waals surface area contributed by atoms with Gasteiger partial charge < -0.3 is 25.0 Å². The lowest BCUT2D eigenvalue weighted by Gasteiger charge is -2.24. The van der Waals surface area contributed by atoms with Crippen LogP contribution in [0, 0.1) is 0 Å². The molecule has 1 aromatic rings. The maximum Gasteiger partial charge on any atom is 0.191 e. The van der Waals surface area contributed by atoms with E-state index in [4.69, 9.17) is 14.5 Å². The summed E-state index contributed by atoms with van der Waals surface area (Å²) in [5.41, 5.74) is 1.15. The van der Waals surface area contributed by atoms with Gasteiger partial charge in [0.1, 0.15) is 0 Å². The quantitative estimate of drug-likeness (QED) is 0.386. The van der Waals surface area contributed by atoms with Gasteiger partial charge >= 0.3 is 0 Å². The third-order valence-electron chi connectivity index (χ3n) is 4.01. The molecule has 0 fully saturated rings. The summed E-state index contributed by atoms with van der Waals surface area (Å²) < 4.78 is 10.8. The minimum Gasteiger partial charge on any atom is -0.493 e. The van der Waals surface area contributed by atoms with Crippen molar-refractivity contribution in [3.63, 3.8) is 0 Å². The number of unbranched alkanes of at least 4 members (excludes halogenated alkanes) is 1. The minimum atomic E-state index is 0.154. The molecule has 0 spiro atoms. The number of benzene rings is 1. The summed E-state index contributed by atoms with van der Waals surface area (Å²) >= 11 is 0. The molecule has 6 nitrogen and oxygen atoms in total. The summed E-state index contributed by atoms with van der Waals surface area (Å²) in [5.74, 6) is 2.34. The first-order valence-electron chi connectivity index (χ1n) is 8.97. The lowest BCUT2D eigenvalue weighted by molar-refractivity contribution is 0.303. The molecule has 0 aromatic heterocycles. The smallest absolute Gasteiger partial charge is 0.191 e. The highest BCUT2D eigenvalue weighted by Gasteiger charge is 2.16. The number of nitrogens with zero attached hydrogens (tertiary/aromatic N) is 2. The van der Waals surface area contributed by atoms with E-state index in [0.717, 1.165) is 42.5 Å². The van der Waals surface area contributed by atoms with Gasteiger partial charge in [-0.1, -0.05) is 19.4 Å². The zero-order valence-electron chi connectivity index (χ0n) is 16.6. The van der Waals surface area contributed by atoms with Crippen molar-refractivity contribution in [2.24, 2.45) is 4.99 Å². The Balaban J connectivity index is 2.93. The zero-order valence-corrected chi connectivity index (χ0v) is 16.6. The molecule has 1 atom stereocenters. The molecule has 0 amide bonds. The topological polar surface area (TPSA) is 58.1 Å². The van der Waals surface area contributed by atoms with Crippen molar-refractivity contribution in [2.75, 3.05) is 47.9 Å². The van der Waals surface area contributed by atoms with Crippen LogP contribution in [0.3, 0.4) is 0 Å². The molecule has 1 rings (SSSR count). The van der Waals surface area contributed by atoms with Gasteiger partial charge in [-0.3, -0.25) is 4.99 Å². The fourth-order valence-electron chi connectivity index (χ4n) is 2.53. The van der Waals surface area contributed by atoms with E-state index in [0.29, 0.717) is 6.54 Å². The zero-order chi connectivity index (χ0) is 18.7. The van der Waals surface area contributed by atoms with Crippen LogP contribution in [0.1, 0.15) is 38.3 Å². The second kappa shape index (κ2) is 11.6. The van der Waals surface area contributed by atoms with Gasteiger partial charge in [0.05, 0.1) is 26.8 Å². The number of methoxy groups -OCH3 is 2. The van der Waals surface area contributed by atoms with Crippen molar-refractivity contribution in [1.82, 2.24) is 15.5 Å². The number of nitrogens with one attached hydrogen (secondary N) is 2. The molecule has 2 N–H and O–H groups in total. The third-order valence-corrected chi connectivity index (χ3v) is 4.01. The Bertz CT molecular complexity index is 532. The van der Waals surface area contributed by atoms with Crippen LogP contribution < -0.4 is 20.1 Å². The summed E-state index contributed by atoms with van der Waals surface area (Å²) in [7, 11) is 7.43. The molecular formula is C19H34N4O2. The van der Waals surface area contributed by atoms with Crippen molar-refractivity contribution in [1.29, 1.82) is 0 Å². The maximum absolute atomic E-state index is 5.43. The summed E-state index contributed by atoms with van der Waals surface area (Å²) in [6.07, 6.45) is 2.30. The van der Waals surface area contributed by atoms with Crippen molar-refractivity contribution in [2.45, 2.75) is 32.7 Å². The van der Waals surface area contributed by atoms with Crippen LogP contribution in [-0.4, -0.2) is 58.8 Å². The number of ether oxygens (including phenoxy) is 2. The lowest BCUT2D eigenvalue weighted by atomic mass is 10.1. The van der Waals surface area contributed by atoms with E-state index in [1.807, 2.05) is 12.1 Å². The highest BCUT2D eigenvalue weighted by atomic mass is 16.5. The Morgan fingerprint density at radius 3 is 2.40 bits per heavy atom. The Morgan fingerprint density at radius 1 is 1.12 bits per heavy atom. The predicted octanol–water partition coefficient (Wildman–Crippen LogP) is 2.66. The number of rotatable bonds is 10. The molecule has 142 valence electrons. The van der Waals surface area contributed by atoms with Crippen LogP contribution in [0.2, 0.25) is 0 Å². The first-order chi connectivity index (χ1) is 12.1. The predicted molar refractivity (Wildman–Crippen MR) is 105 cm³/mol. The van der Waals surface area contributed by atoms with Gasteiger partial charge in [0.25, 0.3) is 0 Å². The summed E-state index contributed by atoms with van der Waals surface area (Å²) in [5, 5.41) is 6.69. The van der Waals surface area contributed by atoms with Gasteiger partial charge in [-0.25, -0.2) is 0 Å². The van der Waals surface area contributed by atoms with Crippen molar-refractivity contribution >= 4 is 5.96 Å². The molecule has 0 aliphatic carbocycles. The normalized spacial score (nSPS) is 12.8. The Morgan fingerprint density at radius 2 is 1.84 bits per heavy atom. The second-order valence-corrected chi connectivity index (χ2v) is 6.09. The molecular weight excluding hydrogens is 316 g/mol. The molecule has 0 bridgehead atoms. The third kappa shape index (κ3) is 6.82. The number of hydrogen-bond acceptors (Lipinski definition) is 4. The Kier molecular flexibility index (Phi) is 9.77. The van der Waals surface area contributed by atoms with Crippen LogP contribution in [0.5, 0.6) is 11.5 Å². The molecule has 1 aromatic carbocycles. The largest absolute Gasteiger partial charge is 0.493 e. The van der Waals surface area contributed by atoms with Crippen LogP contribution in [0.15, 0.2) is 23.2 Å². The minimum absolute atomic E-state index is 0.154. The van der Waals surface area contributed by atoms with E-state index in [2.05, 4.69) is 49.5 Å². The molecule has 0 saturated heterocycles. The van der Waals surface area contributed by atoms with Crippen molar-refractivity contribution < 1.29 is 9.47 Å². The van der Waals surface area contributed by atoms with Gasteiger partial charge in [0, 0.05) is 13.1 Å². The molecule has 1 unspecified atom stereocenters. The van der Waals surface area contributed by atoms with Crippen molar-refractivity contribution in [3.8, 4) is 11.5 Å². The molecule has 0 saturated carbocycles. The number of likely N-dealkylation sites (N-methyl/N-ethyl adjacent to an activating group) is 1. The molecule has 0 aliphatic rings. The summed E-state index contributed by atoms with van der Waals surface area (Å²) in [6, 6.07) is 6.19.